The maximum atomic E-state index is 6.58. The smallest absolute Gasteiger partial charge is 0.164 e. The lowest BCUT2D eigenvalue weighted by Gasteiger charge is -2.21. The number of benzene rings is 9. The van der Waals surface area contributed by atoms with Crippen molar-refractivity contribution in [2.75, 3.05) is 0 Å². The number of hydrogen-bond acceptors (Lipinski definition) is 4. The van der Waals surface area contributed by atoms with E-state index in [9.17, 15) is 0 Å². The van der Waals surface area contributed by atoms with E-state index in [1.54, 1.807) is 0 Å². The molecule has 12 rings (SSSR count). The van der Waals surface area contributed by atoms with Gasteiger partial charge < -0.3 is 4.42 Å². The SMILES string of the molecule is CC1(C)c2ccccc2-c2c(-c3cccc(-c4nc(-c5cccc(-c6ccc(-c7ccccc7)cc6)c5)nc(-c5ccc6c(c5)oc5cccc(-c7ccccc7)c56)n4)c3)cccc21. The Balaban J connectivity index is 0.997. The second kappa shape index (κ2) is 15.0. The fourth-order valence-corrected chi connectivity index (χ4v) is 9.73. The summed E-state index contributed by atoms with van der Waals surface area (Å²) in [4.78, 5) is 15.7. The summed E-state index contributed by atoms with van der Waals surface area (Å²) in [6, 6.07) is 74.9. The predicted molar refractivity (Wildman–Crippen MR) is 263 cm³/mol. The molecule has 2 heterocycles. The van der Waals surface area contributed by atoms with Gasteiger partial charge in [-0.15, -0.1) is 0 Å². The molecule has 0 bridgehead atoms. The maximum Gasteiger partial charge on any atom is 0.164 e. The average Bonchev–Trinajstić information content (AvgIpc) is 3.86. The molecule has 1 aliphatic rings. The highest BCUT2D eigenvalue weighted by Crippen LogP contribution is 2.52. The van der Waals surface area contributed by atoms with Crippen LogP contribution < -0.4 is 0 Å². The van der Waals surface area contributed by atoms with Crippen LogP contribution in [-0.4, -0.2) is 15.0 Å². The van der Waals surface area contributed by atoms with Crippen LogP contribution >= 0.6 is 0 Å². The maximum absolute atomic E-state index is 6.58. The number of furan rings is 1. The van der Waals surface area contributed by atoms with Crippen molar-refractivity contribution in [2.24, 2.45) is 0 Å². The molecular weight excluding hydrogens is 779 g/mol. The normalized spacial score (nSPS) is 12.7. The monoisotopic (exact) mass is 819 g/mol. The minimum atomic E-state index is -0.0971. The standard InChI is InChI=1S/C60H41N3O/c1-60(2)51-26-10-9-23-49(51)55-48(24-13-27-52(55)60)43-20-12-22-45(36-43)58-61-57(44-21-11-19-42(35-44)40-31-29-39(30-32-40)38-15-5-3-6-16-38)62-59(63-58)46-33-34-50-54(37-46)64-53-28-14-25-47(56(50)53)41-17-7-4-8-18-41/h3-37H,1-2H3. The minimum absolute atomic E-state index is 0.0971. The van der Waals surface area contributed by atoms with E-state index < -0.39 is 0 Å². The molecular formula is C60H41N3O. The van der Waals surface area contributed by atoms with Crippen LogP contribution in [0.4, 0.5) is 0 Å². The molecule has 64 heavy (non-hydrogen) atoms. The Morgan fingerprint density at radius 1 is 0.328 bits per heavy atom. The second-order valence-corrected chi connectivity index (χ2v) is 17.2. The van der Waals surface area contributed by atoms with Gasteiger partial charge in [-0.05, 0) is 97.1 Å². The molecule has 4 nitrogen and oxygen atoms in total. The highest BCUT2D eigenvalue weighted by atomic mass is 16.3. The number of rotatable bonds is 7. The molecule has 0 fully saturated rings. The van der Waals surface area contributed by atoms with Crippen molar-refractivity contribution in [3.8, 4) is 89.8 Å². The summed E-state index contributed by atoms with van der Waals surface area (Å²) in [5, 5.41) is 2.14. The molecule has 11 aromatic rings. The third kappa shape index (κ3) is 6.34. The van der Waals surface area contributed by atoms with Gasteiger partial charge in [-0.1, -0.05) is 196 Å². The Bertz CT molecular complexity index is 3570. The molecule has 0 aliphatic heterocycles. The Morgan fingerprint density at radius 2 is 0.797 bits per heavy atom. The highest BCUT2D eigenvalue weighted by Gasteiger charge is 2.36. The van der Waals surface area contributed by atoms with Crippen molar-refractivity contribution in [3.05, 3.63) is 223 Å². The van der Waals surface area contributed by atoms with Gasteiger partial charge in [0.15, 0.2) is 17.5 Å². The molecule has 0 amide bonds. The molecule has 0 unspecified atom stereocenters. The lowest BCUT2D eigenvalue weighted by atomic mass is 9.82. The molecule has 1 aliphatic carbocycles. The molecule has 0 atom stereocenters. The summed E-state index contributed by atoms with van der Waals surface area (Å²) >= 11 is 0. The van der Waals surface area contributed by atoms with E-state index in [4.69, 9.17) is 19.4 Å². The first kappa shape index (κ1) is 37.5. The van der Waals surface area contributed by atoms with Crippen molar-refractivity contribution in [2.45, 2.75) is 19.3 Å². The van der Waals surface area contributed by atoms with Gasteiger partial charge in [-0.25, -0.2) is 15.0 Å². The van der Waals surface area contributed by atoms with Crippen molar-refractivity contribution < 1.29 is 4.42 Å². The first-order chi connectivity index (χ1) is 31.5. The van der Waals surface area contributed by atoms with Gasteiger partial charge >= 0.3 is 0 Å². The van der Waals surface area contributed by atoms with Crippen molar-refractivity contribution in [3.63, 3.8) is 0 Å². The van der Waals surface area contributed by atoms with Crippen LogP contribution in [-0.2, 0) is 5.41 Å². The summed E-state index contributed by atoms with van der Waals surface area (Å²) in [5.41, 5.74) is 18.7. The van der Waals surface area contributed by atoms with Crippen LogP contribution in [0.1, 0.15) is 25.0 Å². The zero-order chi connectivity index (χ0) is 42.8. The van der Waals surface area contributed by atoms with Gasteiger partial charge in [-0.3, -0.25) is 0 Å². The number of nitrogens with zero attached hydrogens (tertiary/aromatic N) is 3. The Morgan fingerprint density at radius 3 is 1.52 bits per heavy atom. The third-order valence-electron chi connectivity index (χ3n) is 13.0. The van der Waals surface area contributed by atoms with Crippen LogP contribution in [0.15, 0.2) is 217 Å². The van der Waals surface area contributed by atoms with Gasteiger partial charge in [0, 0.05) is 32.9 Å². The molecule has 0 spiro atoms. The van der Waals surface area contributed by atoms with Gasteiger partial charge in [0.25, 0.3) is 0 Å². The van der Waals surface area contributed by atoms with E-state index in [2.05, 4.69) is 208 Å². The molecule has 0 radical (unpaired) electrons. The van der Waals surface area contributed by atoms with Crippen LogP contribution in [0.5, 0.6) is 0 Å². The van der Waals surface area contributed by atoms with Gasteiger partial charge in [0.05, 0.1) is 0 Å². The van der Waals surface area contributed by atoms with Gasteiger partial charge in [0.1, 0.15) is 11.2 Å². The largest absolute Gasteiger partial charge is 0.456 e. The average molecular weight is 820 g/mol. The summed E-state index contributed by atoms with van der Waals surface area (Å²) in [6.07, 6.45) is 0. The zero-order valence-corrected chi connectivity index (χ0v) is 35.5. The third-order valence-corrected chi connectivity index (χ3v) is 13.0. The van der Waals surface area contributed by atoms with E-state index >= 15 is 0 Å². The van der Waals surface area contributed by atoms with E-state index in [0.717, 1.165) is 66.4 Å². The number of aromatic nitrogens is 3. The molecule has 9 aromatic carbocycles. The van der Waals surface area contributed by atoms with E-state index in [1.807, 2.05) is 18.2 Å². The topological polar surface area (TPSA) is 51.8 Å². The number of hydrogen-bond donors (Lipinski definition) is 0. The van der Waals surface area contributed by atoms with Crippen LogP contribution in [0, 0.1) is 0 Å². The summed E-state index contributed by atoms with van der Waals surface area (Å²) < 4.78 is 6.58. The molecule has 0 N–H and O–H groups in total. The first-order valence-corrected chi connectivity index (χ1v) is 21.8. The molecule has 0 saturated carbocycles. The van der Waals surface area contributed by atoms with Crippen LogP contribution in [0.3, 0.4) is 0 Å². The van der Waals surface area contributed by atoms with Crippen molar-refractivity contribution in [1.82, 2.24) is 15.0 Å². The fraction of sp³-hybridized carbons (Fsp3) is 0.0500. The Hall–Kier alpha value is -8.21. The van der Waals surface area contributed by atoms with E-state index in [1.165, 1.54) is 38.9 Å². The number of fused-ring (bicyclic) bond motifs is 6. The van der Waals surface area contributed by atoms with Gasteiger partial charge in [0.2, 0.25) is 0 Å². The van der Waals surface area contributed by atoms with Gasteiger partial charge in [-0.2, -0.15) is 0 Å². The lowest BCUT2D eigenvalue weighted by molar-refractivity contribution is 0.660. The second-order valence-electron chi connectivity index (χ2n) is 17.2. The molecule has 4 heteroatoms. The quantitative estimate of drug-likeness (QED) is 0.161. The Labute approximate surface area is 372 Å². The fourth-order valence-electron chi connectivity index (χ4n) is 9.73. The summed E-state index contributed by atoms with van der Waals surface area (Å²) in [7, 11) is 0. The van der Waals surface area contributed by atoms with Crippen molar-refractivity contribution in [1.29, 1.82) is 0 Å². The molecule has 0 saturated heterocycles. The summed E-state index contributed by atoms with van der Waals surface area (Å²) in [6.45, 7) is 4.65. The highest BCUT2D eigenvalue weighted by molar-refractivity contribution is 6.13. The van der Waals surface area contributed by atoms with Crippen LogP contribution in [0.25, 0.3) is 112 Å². The first-order valence-electron chi connectivity index (χ1n) is 21.8. The predicted octanol–water partition coefficient (Wildman–Crippen LogP) is 15.7. The van der Waals surface area contributed by atoms with Crippen molar-refractivity contribution >= 4 is 21.9 Å². The zero-order valence-electron chi connectivity index (χ0n) is 35.5. The van der Waals surface area contributed by atoms with Crippen LogP contribution in [0.2, 0.25) is 0 Å². The summed E-state index contributed by atoms with van der Waals surface area (Å²) in [5.74, 6) is 1.77. The van der Waals surface area contributed by atoms with E-state index in [0.29, 0.717) is 17.5 Å². The lowest BCUT2D eigenvalue weighted by Crippen LogP contribution is -2.14. The Kier molecular flexibility index (Phi) is 8.80. The van der Waals surface area contributed by atoms with E-state index in [-0.39, 0.29) is 5.41 Å². The minimum Gasteiger partial charge on any atom is -0.456 e. The molecule has 2 aromatic heterocycles. The molecule has 302 valence electrons.